The van der Waals surface area contributed by atoms with Crippen LogP contribution in [0.4, 0.5) is 11.4 Å². The molecular weight excluding hydrogens is 362 g/mol. The van der Waals surface area contributed by atoms with E-state index in [0.29, 0.717) is 18.8 Å². The zero-order valence-corrected chi connectivity index (χ0v) is 17.1. The molecule has 0 atom stereocenters. The third-order valence-corrected chi connectivity index (χ3v) is 6.51. The van der Waals surface area contributed by atoms with E-state index in [4.69, 9.17) is 0 Å². The maximum absolute atomic E-state index is 12.5. The van der Waals surface area contributed by atoms with Gasteiger partial charge in [0.2, 0.25) is 15.9 Å². The summed E-state index contributed by atoms with van der Waals surface area (Å²) in [4.78, 5) is 12.3. The Morgan fingerprint density at radius 2 is 1.52 bits per heavy atom. The van der Waals surface area contributed by atoms with Gasteiger partial charge in [-0.1, -0.05) is 19.9 Å². The van der Waals surface area contributed by atoms with Crippen LogP contribution in [0, 0.1) is 13.8 Å². The SMILES string of the molecule is CCN(CC)S(=O)(=O)c1ccc(NC(=O)CNc2ccc(C)c(C)c2)cc1. The van der Waals surface area contributed by atoms with E-state index in [1.807, 2.05) is 32.0 Å². The molecule has 0 aromatic heterocycles. The van der Waals surface area contributed by atoms with E-state index in [2.05, 4.69) is 10.6 Å². The molecule has 1 amide bonds. The fraction of sp³-hybridized carbons (Fsp3) is 0.350. The quantitative estimate of drug-likeness (QED) is 0.725. The molecule has 7 heteroatoms. The van der Waals surface area contributed by atoms with Crippen LogP contribution < -0.4 is 10.6 Å². The van der Waals surface area contributed by atoms with Gasteiger partial charge in [0.25, 0.3) is 0 Å². The first-order valence-corrected chi connectivity index (χ1v) is 10.4. The number of hydrogen-bond acceptors (Lipinski definition) is 4. The Morgan fingerprint density at radius 3 is 2.07 bits per heavy atom. The average molecular weight is 390 g/mol. The summed E-state index contributed by atoms with van der Waals surface area (Å²) in [5.74, 6) is -0.201. The molecule has 0 heterocycles. The Labute approximate surface area is 161 Å². The van der Waals surface area contributed by atoms with E-state index in [1.54, 1.807) is 26.0 Å². The molecule has 0 bridgehead atoms. The van der Waals surface area contributed by atoms with Crippen molar-refractivity contribution in [2.75, 3.05) is 30.3 Å². The van der Waals surface area contributed by atoms with Gasteiger partial charge in [0.05, 0.1) is 11.4 Å². The van der Waals surface area contributed by atoms with Crippen LogP contribution in [0.1, 0.15) is 25.0 Å². The second-order valence-electron chi connectivity index (χ2n) is 6.31. The molecule has 0 aliphatic rings. The smallest absolute Gasteiger partial charge is 0.243 e. The minimum Gasteiger partial charge on any atom is -0.376 e. The van der Waals surface area contributed by atoms with Gasteiger partial charge in [0.15, 0.2) is 0 Å². The van der Waals surface area contributed by atoms with Crippen LogP contribution in [0.3, 0.4) is 0 Å². The van der Waals surface area contributed by atoms with Crippen LogP contribution in [0.25, 0.3) is 0 Å². The summed E-state index contributed by atoms with van der Waals surface area (Å²) >= 11 is 0. The maximum atomic E-state index is 12.5. The fourth-order valence-corrected chi connectivity index (χ4v) is 4.12. The van der Waals surface area contributed by atoms with E-state index >= 15 is 0 Å². The lowest BCUT2D eigenvalue weighted by Gasteiger charge is -2.18. The number of amides is 1. The Morgan fingerprint density at radius 1 is 0.926 bits per heavy atom. The Kier molecular flexibility index (Phi) is 6.98. The highest BCUT2D eigenvalue weighted by Crippen LogP contribution is 2.18. The number of anilines is 2. The Balaban J connectivity index is 1.97. The lowest BCUT2D eigenvalue weighted by atomic mass is 10.1. The van der Waals surface area contributed by atoms with Crippen LogP contribution in [-0.4, -0.2) is 38.3 Å². The molecular formula is C20H27N3O3S. The second kappa shape index (κ2) is 9.01. The molecule has 146 valence electrons. The highest BCUT2D eigenvalue weighted by Gasteiger charge is 2.21. The van der Waals surface area contributed by atoms with Crippen LogP contribution in [-0.2, 0) is 14.8 Å². The molecule has 2 aromatic rings. The molecule has 0 radical (unpaired) electrons. The number of sulfonamides is 1. The minimum atomic E-state index is -3.49. The number of aryl methyl sites for hydroxylation is 2. The number of hydrogen-bond donors (Lipinski definition) is 2. The molecule has 2 N–H and O–H groups in total. The van der Waals surface area contributed by atoms with Crippen molar-refractivity contribution in [1.29, 1.82) is 0 Å². The summed E-state index contributed by atoms with van der Waals surface area (Å²) in [6, 6.07) is 12.2. The van der Waals surface area contributed by atoms with Crippen molar-refractivity contribution < 1.29 is 13.2 Å². The van der Waals surface area contributed by atoms with Crippen LogP contribution in [0.2, 0.25) is 0 Å². The summed E-state index contributed by atoms with van der Waals surface area (Å²) in [5.41, 5.74) is 3.80. The first-order valence-electron chi connectivity index (χ1n) is 8.99. The predicted molar refractivity (Wildman–Crippen MR) is 110 cm³/mol. The zero-order valence-electron chi connectivity index (χ0n) is 16.2. The molecule has 0 saturated heterocycles. The monoisotopic (exact) mass is 389 g/mol. The van der Waals surface area contributed by atoms with Crippen molar-refractivity contribution in [3.05, 3.63) is 53.6 Å². The van der Waals surface area contributed by atoms with Gasteiger partial charge in [-0.3, -0.25) is 4.79 Å². The van der Waals surface area contributed by atoms with Gasteiger partial charge in [-0.2, -0.15) is 4.31 Å². The normalized spacial score (nSPS) is 11.4. The fourth-order valence-electron chi connectivity index (χ4n) is 2.66. The topological polar surface area (TPSA) is 78.5 Å². The first-order chi connectivity index (χ1) is 12.8. The summed E-state index contributed by atoms with van der Waals surface area (Å²) in [7, 11) is -3.49. The Bertz CT molecular complexity index is 889. The van der Waals surface area contributed by atoms with Gasteiger partial charge < -0.3 is 10.6 Å². The largest absolute Gasteiger partial charge is 0.376 e. The van der Waals surface area contributed by atoms with E-state index in [-0.39, 0.29) is 17.3 Å². The van der Waals surface area contributed by atoms with Crippen molar-refractivity contribution in [2.24, 2.45) is 0 Å². The standard InChI is InChI=1S/C20H27N3O3S/c1-5-23(6-2)27(25,26)19-11-9-17(10-12-19)22-20(24)14-21-18-8-7-15(3)16(4)13-18/h7-13,21H,5-6,14H2,1-4H3,(H,22,24). The highest BCUT2D eigenvalue weighted by molar-refractivity contribution is 7.89. The van der Waals surface area contributed by atoms with Crippen molar-refractivity contribution in [3.63, 3.8) is 0 Å². The lowest BCUT2D eigenvalue weighted by Crippen LogP contribution is -2.30. The number of nitrogens with one attached hydrogen (secondary N) is 2. The predicted octanol–water partition coefficient (Wildman–Crippen LogP) is 3.38. The first kappa shape index (κ1) is 20.9. The van der Waals surface area contributed by atoms with Gasteiger partial charge in [0.1, 0.15) is 0 Å². The van der Waals surface area contributed by atoms with Gasteiger partial charge in [-0.05, 0) is 61.4 Å². The zero-order chi connectivity index (χ0) is 20.0. The highest BCUT2D eigenvalue weighted by atomic mass is 32.2. The van der Waals surface area contributed by atoms with Crippen molar-refractivity contribution in [2.45, 2.75) is 32.6 Å². The van der Waals surface area contributed by atoms with Gasteiger partial charge >= 0.3 is 0 Å². The molecule has 0 spiro atoms. The van der Waals surface area contributed by atoms with Crippen LogP contribution in [0.5, 0.6) is 0 Å². The van der Waals surface area contributed by atoms with Crippen molar-refractivity contribution >= 4 is 27.3 Å². The number of carbonyl (C=O) groups excluding carboxylic acids is 1. The molecule has 27 heavy (non-hydrogen) atoms. The average Bonchev–Trinajstić information content (AvgIpc) is 2.64. The van der Waals surface area contributed by atoms with Crippen LogP contribution in [0.15, 0.2) is 47.4 Å². The summed E-state index contributed by atoms with van der Waals surface area (Å²) in [5, 5.41) is 5.85. The van der Waals surface area contributed by atoms with Crippen molar-refractivity contribution in [1.82, 2.24) is 4.31 Å². The lowest BCUT2D eigenvalue weighted by molar-refractivity contribution is -0.114. The van der Waals surface area contributed by atoms with Gasteiger partial charge in [-0.25, -0.2) is 8.42 Å². The van der Waals surface area contributed by atoms with E-state index in [1.165, 1.54) is 22.0 Å². The van der Waals surface area contributed by atoms with Crippen molar-refractivity contribution in [3.8, 4) is 0 Å². The summed E-state index contributed by atoms with van der Waals surface area (Å²) in [6.07, 6.45) is 0. The molecule has 0 unspecified atom stereocenters. The van der Waals surface area contributed by atoms with E-state index in [0.717, 1.165) is 11.3 Å². The number of benzene rings is 2. The van der Waals surface area contributed by atoms with Gasteiger partial charge in [-0.15, -0.1) is 0 Å². The second-order valence-corrected chi connectivity index (χ2v) is 8.25. The number of carbonyl (C=O) groups is 1. The van der Waals surface area contributed by atoms with E-state index < -0.39 is 10.0 Å². The molecule has 0 fully saturated rings. The van der Waals surface area contributed by atoms with Gasteiger partial charge in [0, 0.05) is 24.5 Å². The van der Waals surface area contributed by atoms with Crippen LogP contribution >= 0.6 is 0 Å². The van der Waals surface area contributed by atoms with E-state index in [9.17, 15) is 13.2 Å². The molecule has 0 aliphatic carbocycles. The molecule has 0 aliphatic heterocycles. The molecule has 0 saturated carbocycles. The Hall–Kier alpha value is -2.38. The third kappa shape index (κ3) is 5.30. The number of nitrogens with zero attached hydrogens (tertiary/aromatic N) is 1. The summed E-state index contributed by atoms with van der Waals surface area (Å²) in [6.45, 7) is 8.63. The summed E-state index contributed by atoms with van der Waals surface area (Å²) < 4.78 is 26.3. The maximum Gasteiger partial charge on any atom is 0.243 e. The molecule has 2 aromatic carbocycles. The molecule has 2 rings (SSSR count). The molecule has 6 nitrogen and oxygen atoms in total. The third-order valence-electron chi connectivity index (χ3n) is 4.44. The minimum absolute atomic E-state index is 0.127. The number of rotatable bonds is 8.